The molecule has 1 aromatic rings. The summed E-state index contributed by atoms with van der Waals surface area (Å²) in [5, 5.41) is 0. The van der Waals surface area contributed by atoms with Gasteiger partial charge in [-0.3, -0.25) is 4.79 Å². The minimum absolute atomic E-state index is 0.0234. The Kier molecular flexibility index (Phi) is 4.05. The molecular weight excluding hydrogens is 247 g/mol. The topological polar surface area (TPSA) is 72.3 Å². The van der Waals surface area contributed by atoms with Crippen LogP contribution in [0.25, 0.3) is 0 Å². The number of rotatable bonds is 4. The van der Waals surface area contributed by atoms with Crippen molar-refractivity contribution in [2.45, 2.75) is 13.1 Å². The largest absolute Gasteiger partial charge is 0.405 e. The highest BCUT2D eigenvalue weighted by molar-refractivity contribution is 5.99. The molecule has 0 atom stereocenters. The van der Waals surface area contributed by atoms with E-state index in [1.807, 2.05) is 0 Å². The number of nitrogen functional groups attached to an aromatic ring is 1. The average molecular weight is 261 g/mol. The van der Waals surface area contributed by atoms with E-state index >= 15 is 0 Å². The van der Waals surface area contributed by atoms with E-state index in [-0.39, 0.29) is 23.5 Å². The minimum atomic E-state index is -4.37. The van der Waals surface area contributed by atoms with Gasteiger partial charge in [0, 0.05) is 12.2 Å². The number of benzene rings is 1. The van der Waals surface area contributed by atoms with Crippen LogP contribution in [0.15, 0.2) is 18.2 Å². The molecule has 100 valence electrons. The van der Waals surface area contributed by atoms with Crippen LogP contribution in [0.3, 0.4) is 0 Å². The van der Waals surface area contributed by atoms with Crippen LogP contribution in [0.5, 0.6) is 0 Å². The molecule has 0 aromatic heterocycles. The van der Waals surface area contributed by atoms with Gasteiger partial charge in [-0.15, -0.1) is 0 Å². The predicted octanol–water partition coefficient (Wildman–Crippen LogP) is 1.76. The minimum Gasteiger partial charge on any atom is -0.399 e. The van der Waals surface area contributed by atoms with Crippen LogP contribution in [-0.2, 0) is 0 Å². The van der Waals surface area contributed by atoms with Gasteiger partial charge in [0.05, 0.1) is 11.3 Å². The molecule has 0 aliphatic rings. The van der Waals surface area contributed by atoms with Gasteiger partial charge in [-0.1, -0.05) is 0 Å². The van der Waals surface area contributed by atoms with Gasteiger partial charge in [-0.05, 0) is 25.1 Å². The molecule has 4 N–H and O–H groups in total. The second-order valence-electron chi connectivity index (χ2n) is 3.77. The van der Waals surface area contributed by atoms with Crippen LogP contribution in [0.2, 0.25) is 0 Å². The zero-order valence-corrected chi connectivity index (χ0v) is 9.79. The highest BCUT2D eigenvalue weighted by Crippen LogP contribution is 2.27. The summed E-state index contributed by atoms with van der Waals surface area (Å²) < 4.78 is 37.3. The number of halogens is 3. The lowest BCUT2D eigenvalue weighted by atomic mass is 10.1. The first kappa shape index (κ1) is 14.1. The molecule has 1 amide bonds. The number of anilines is 2. The van der Waals surface area contributed by atoms with Crippen molar-refractivity contribution in [2.75, 3.05) is 23.7 Å². The van der Waals surface area contributed by atoms with E-state index in [1.165, 1.54) is 18.2 Å². The molecule has 1 aromatic carbocycles. The first-order chi connectivity index (χ1) is 8.24. The molecular formula is C11H14F3N3O. The van der Waals surface area contributed by atoms with Gasteiger partial charge >= 0.3 is 6.18 Å². The maximum absolute atomic E-state index is 12.4. The number of amides is 1. The quantitative estimate of drug-likeness (QED) is 0.811. The van der Waals surface area contributed by atoms with Crippen molar-refractivity contribution in [3.05, 3.63) is 23.8 Å². The first-order valence-electron chi connectivity index (χ1n) is 5.25. The summed E-state index contributed by atoms with van der Waals surface area (Å²) in [4.78, 5) is 12.2. The summed E-state index contributed by atoms with van der Waals surface area (Å²) in [6.45, 7) is 0.482. The third kappa shape index (κ3) is 3.54. The van der Waals surface area contributed by atoms with E-state index in [0.717, 1.165) is 4.90 Å². The van der Waals surface area contributed by atoms with Crippen molar-refractivity contribution in [3.63, 3.8) is 0 Å². The van der Waals surface area contributed by atoms with Crippen LogP contribution in [-0.4, -0.2) is 25.2 Å². The molecule has 0 unspecified atom stereocenters. The number of nitrogens with two attached hydrogens (primary N) is 2. The molecule has 0 fully saturated rings. The molecule has 0 radical (unpaired) electrons. The number of hydrogen-bond donors (Lipinski definition) is 2. The van der Waals surface area contributed by atoms with Crippen molar-refractivity contribution in [1.29, 1.82) is 0 Å². The van der Waals surface area contributed by atoms with E-state index in [1.54, 1.807) is 6.92 Å². The molecule has 4 nitrogen and oxygen atoms in total. The lowest BCUT2D eigenvalue weighted by molar-refractivity contribution is -0.119. The van der Waals surface area contributed by atoms with Gasteiger partial charge in [0.2, 0.25) is 0 Å². The van der Waals surface area contributed by atoms with E-state index in [0.29, 0.717) is 0 Å². The normalized spacial score (nSPS) is 11.3. The molecule has 0 bridgehead atoms. The average Bonchev–Trinajstić information content (AvgIpc) is 2.24. The lowest BCUT2D eigenvalue weighted by Crippen LogP contribution is -2.35. The van der Waals surface area contributed by atoms with Gasteiger partial charge in [-0.2, -0.15) is 13.2 Å². The van der Waals surface area contributed by atoms with Crippen LogP contribution in [0.1, 0.15) is 17.3 Å². The monoisotopic (exact) mass is 261 g/mol. The molecule has 0 aliphatic heterocycles. The fraction of sp³-hybridized carbons (Fsp3) is 0.364. The maximum Gasteiger partial charge on any atom is 0.405 e. The lowest BCUT2D eigenvalue weighted by Gasteiger charge is -2.26. The Hall–Kier alpha value is -1.92. The Balaban J connectivity index is 3.19. The summed E-state index contributed by atoms with van der Waals surface area (Å²) in [5.74, 6) is -0.786. The first-order valence-corrected chi connectivity index (χ1v) is 5.25. The number of carbonyl (C=O) groups excluding carboxylic acids is 1. The van der Waals surface area contributed by atoms with Crippen LogP contribution >= 0.6 is 0 Å². The Bertz CT molecular complexity index is 446. The van der Waals surface area contributed by atoms with Gasteiger partial charge in [0.25, 0.3) is 5.91 Å². The Morgan fingerprint density at radius 1 is 1.39 bits per heavy atom. The predicted molar refractivity (Wildman–Crippen MR) is 63.3 cm³/mol. The fourth-order valence-corrected chi connectivity index (χ4v) is 1.60. The van der Waals surface area contributed by atoms with Crippen molar-refractivity contribution in [2.24, 2.45) is 5.73 Å². The maximum atomic E-state index is 12.4. The summed E-state index contributed by atoms with van der Waals surface area (Å²) in [6.07, 6.45) is -4.37. The molecule has 0 saturated carbocycles. The number of primary amides is 1. The van der Waals surface area contributed by atoms with Crippen molar-refractivity contribution < 1.29 is 18.0 Å². The van der Waals surface area contributed by atoms with Crippen molar-refractivity contribution >= 4 is 17.3 Å². The van der Waals surface area contributed by atoms with Crippen molar-refractivity contribution in [1.82, 2.24) is 0 Å². The van der Waals surface area contributed by atoms with Gasteiger partial charge in [-0.25, -0.2) is 0 Å². The number of alkyl halides is 3. The molecule has 18 heavy (non-hydrogen) atoms. The molecule has 0 spiro atoms. The summed E-state index contributed by atoms with van der Waals surface area (Å²) in [6, 6.07) is 4.06. The Morgan fingerprint density at radius 2 is 2.00 bits per heavy atom. The van der Waals surface area contributed by atoms with Gasteiger partial charge < -0.3 is 16.4 Å². The van der Waals surface area contributed by atoms with Gasteiger partial charge in [0.1, 0.15) is 6.54 Å². The number of carbonyl (C=O) groups is 1. The second-order valence-corrected chi connectivity index (χ2v) is 3.77. The number of hydrogen-bond acceptors (Lipinski definition) is 3. The highest BCUT2D eigenvalue weighted by atomic mass is 19.4. The van der Waals surface area contributed by atoms with E-state index < -0.39 is 18.6 Å². The molecule has 1 rings (SSSR count). The standard InChI is InChI=1S/C11H14F3N3O/c1-2-17(6-11(12,13)14)9-5-7(15)3-4-8(9)10(16)18/h3-5H,2,6,15H2,1H3,(H2,16,18). The van der Waals surface area contributed by atoms with E-state index in [9.17, 15) is 18.0 Å². The smallest absolute Gasteiger partial charge is 0.399 e. The second kappa shape index (κ2) is 5.16. The fourth-order valence-electron chi connectivity index (χ4n) is 1.60. The third-order valence-electron chi connectivity index (χ3n) is 2.38. The van der Waals surface area contributed by atoms with E-state index in [2.05, 4.69) is 0 Å². The highest BCUT2D eigenvalue weighted by Gasteiger charge is 2.31. The van der Waals surface area contributed by atoms with Crippen LogP contribution < -0.4 is 16.4 Å². The summed E-state index contributed by atoms with van der Waals surface area (Å²) in [7, 11) is 0. The zero-order chi connectivity index (χ0) is 13.9. The van der Waals surface area contributed by atoms with Crippen LogP contribution in [0, 0.1) is 0 Å². The zero-order valence-electron chi connectivity index (χ0n) is 9.79. The Labute approximate surface area is 102 Å². The molecule has 7 heteroatoms. The third-order valence-corrected chi connectivity index (χ3v) is 2.38. The Morgan fingerprint density at radius 3 is 2.44 bits per heavy atom. The van der Waals surface area contributed by atoms with Crippen molar-refractivity contribution in [3.8, 4) is 0 Å². The van der Waals surface area contributed by atoms with Crippen LogP contribution in [0.4, 0.5) is 24.5 Å². The SMILES string of the molecule is CCN(CC(F)(F)F)c1cc(N)ccc1C(N)=O. The van der Waals surface area contributed by atoms with E-state index in [4.69, 9.17) is 11.5 Å². The molecule has 0 saturated heterocycles. The van der Waals surface area contributed by atoms with Gasteiger partial charge in [0.15, 0.2) is 0 Å². The number of nitrogens with zero attached hydrogens (tertiary/aromatic N) is 1. The molecule has 0 heterocycles. The molecule has 0 aliphatic carbocycles. The summed E-state index contributed by atoms with van der Waals surface area (Å²) >= 11 is 0. The summed E-state index contributed by atoms with van der Waals surface area (Å²) in [5.41, 5.74) is 11.1.